The number of amides is 1. The lowest BCUT2D eigenvalue weighted by atomic mass is 10.4. The van der Waals surface area contributed by atoms with Gasteiger partial charge in [0.1, 0.15) is 5.69 Å². The lowest BCUT2D eigenvalue weighted by molar-refractivity contribution is 0.158. The second-order valence-electron chi connectivity index (χ2n) is 3.09. The van der Waals surface area contributed by atoms with E-state index in [1.807, 2.05) is 6.92 Å². The first-order valence-electron chi connectivity index (χ1n) is 5.05. The van der Waals surface area contributed by atoms with Crippen molar-refractivity contribution >= 4 is 12.0 Å². The van der Waals surface area contributed by atoms with Crippen molar-refractivity contribution in [2.45, 2.75) is 27.2 Å². The van der Waals surface area contributed by atoms with Gasteiger partial charge in [-0.05, 0) is 20.3 Å². The zero-order valence-corrected chi connectivity index (χ0v) is 9.32. The van der Waals surface area contributed by atoms with Crippen LogP contribution in [0, 0.1) is 6.92 Å². The average Bonchev–Trinajstić information content (AvgIpc) is 2.61. The van der Waals surface area contributed by atoms with Gasteiger partial charge >= 0.3 is 6.09 Å². The smallest absolute Gasteiger partial charge is 0.416 e. The molecule has 0 N–H and O–H groups in total. The molecule has 1 rings (SSSR count). The Morgan fingerprint density at radius 2 is 2.33 bits per heavy atom. The number of aromatic nitrogens is 1. The van der Waals surface area contributed by atoms with Crippen molar-refractivity contribution in [1.82, 2.24) is 4.98 Å². The van der Waals surface area contributed by atoms with E-state index in [9.17, 15) is 4.79 Å². The van der Waals surface area contributed by atoms with Crippen molar-refractivity contribution in [3.63, 3.8) is 0 Å². The highest BCUT2D eigenvalue weighted by Crippen LogP contribution is 2.19. The molecule has 0 aliphatic heterocycles. The average molecular weight is 212 g/mol. The van der Waals surface area contributed by atoms with Crippen molar-refractivity contribution in [2.24, 2.45) is 0 Å². The van der Waals surface area contributed by atoms with Gasteiger partial charge in [-0.1, -0.05) is 6.92 Å². The van der Waals surface area contributed by atoms with Gasteiger partial charge in [0, 0.05) is 6.54 Å². The number of aryl methyl sites for hydroxylation is 1. The second-order valence-corrected chi connectivity index (χ2v) is 3.09. The molecule has 0 aromatic carbocycles. The molecule has 0 spiro atoms. The predicted octanol–water partition coefficient (Wildman–Crippen LogP) is 2.36. The molecule has 0 radical (unpaired) electrons. The molecule has 0 bridgehead atoms. The number of ether oxygens (including phenoxy) is 1. The summed E-state index contributed by atoms with van der Waals surface area (Å²) in [5, 5.41) is 0. The third kappa shape index (κ3) is 2.71. The number of anilines is 1. The van der Waals surface area contributed by atoms with Gasteiger partial charge in [0.15, 0.2) is 6.39 Å². The first kappa shape index (κ1) is 11.6. The van der Waals surface area contributed by atoms with Crippen LogP contribution in [0.1, 0.15) is 26.0 Å². The molecule has 84 valence electrons. The Hall–Kier alpha value is -1.52. The Balaban J connectivity index is 2.83. The number of hydrogen-bond acceptors (Lipinski definition) is 4. The molecule has 0 fully saturated rings. The summed E-state index contributed by atoms with van der Waals surface area (Å²) in [7, 11) is 0. The Kier molecular flexibility index (Phi) is 4.15. The maximum atomic E-state index is 11.6. The third-order valence-electron chi connectivity index (χ3n) is 1.90. The molecule has 0 atom stereocenters. The monoisotopic (exact) mass is 212 g/mol. The Morgan fingerprint density at radius 3 is 2.80 bits per heavy atom. The van der Waals surface area contributed by atoms with Crippen LogP contribution < -0.4 is 4.90 Å². The molecule has 5 heteroatoms. The summed E-state index contributed by atoms with van der Waals surface area (Å²) in [4.78, 5) is 17.0. The van der Waals surface area contributed by atoms with Crippen LogP contribution in [0.5, 0.6) is 0 Å². The molecule has 0 saturated heterocycles. The lowest BCUT2D eigenvalue weighted by Crippen LogP contribution is -2.32. The molecule has 0 aliphatic rings. The fraction of sp³-hybridized carbons (Fsp3) is 0.600. The third-order valence-corrected chi connectivity index (χ3v) is 1.90. The zero-order chi connectivity index (χ0) is 11.3. The second kappa shape index (κ2) is 5.38. The normalized spacial score (nSPS) is 10.1. The summed E-state index contributed by atoms with van der Waals surface area (Å²) in [5.74, 6) is 0.468. The molecule has 15 heavy (non-hydrogen) atoms. The van der Waals surface area contributed by atoms with E-state index in [-0.39, 0.29) is 6.09 Å². The fourth-order valence-corrected chi connectivity index (χ4v) is 1.26. The van der Waals surface area contributed by atoms with Gasteiger partial charge < -0.3 is 9.15 Å². The van der Waals surface area contributed by atoms with Crippen LogP contribution in [-0.4, -0.2) is 24.2 Å². The molecule has 1 heterocycles. The molecule has 1 aromatic rings. The van der Waals surface area contributed by atoms with E-state index in [1.165, 1.54) is 11.3 Å². The van der Waals surface area contributed by atoms with Crippen LogP contribution in [0.25, 0.3) is 0 Å². The summed E-state index contributed by atoms with van der Waals surface area (Å²) >= 11 is 0. The van der Waals surface area contributed by atoms with Crippen LogP contribution in [-0.2, 0) is 4.74 Å². The summed E-state index contributed by atoms with van der Waals surface area (Å²) in [6.07, 6.45) is 1.77. The Bertz CT molecular complexity index is 322. The highest BCUT2D eigenvalue weighted by atomic mass is 16.6. The van der Waals surface area contributed by atoms with Gasteiger partial charge in [-0.3, -0.25) is 0 Å². The van der Waals surface area contributed by atoms with E-state index in [2.05, 4.69) is 4.98 Å². The fourth-order valence-electron chi connectivity index (χ4n) is 1.26. The van der Waals surface area contributed by atoms with Crippen LogP contribution in [0.2, 0.25) is 0 Å². The van der Waals surface area contributed by atoms with Crippen LogP contribution in [0.3, 0.4) is 0 Å². The number of carbonyl (C=O) groups is 1. The minimum atomic E-state index is -0.390. The quantitative estimate of drug-likeness (QED) is 0.768. The van der Waals surface area contributed by atoms with Crippen LogP contribution in [0.15, 0.2) is 10.8 Å². The number of carbonyl (C=O) groups excluding carboxylic acids is 1. The summed E-state index contributed by atoms with van der Waals surface area (Å²) in [5.41, 5.74) is 0.691. The number of oxazole rings is 1. The van der Waals surface area contributed by atoms with Crippen molar-refractivity contribution in [3.05, 3.63) is 12.1 Å². The highest BCUT2D eigenvalue weighted by molar-refractivity contribution is 5.86. The predicted molar refractivity (Wildman–Crippen MR) is 55.9 cm³/mol. The molecule has 5 nitrogen and oxygen atoms in total. The lowest BCUT2D eigenvalue weighted by Gasteiger charge is -2.18. The number of nitrogens with zero attached hydrogens (tertiary/aromatic N) is 2. The summed E-state index contributed by atoms with van der Waals surface area (Å²) in [6, 6.07) is 0. The van der Waals surface area contributed by atoms with Gasteiger partial charge in [0.05, 0.1) is 6.61 Å². The Morgan fingerprint density at radius 1 is 1.60 bits per heavy atom. The van der Waals surface area contributed by atoms with E-state index >= 15 is 0 Å². The molecule has 1 aromatic heterocycles. The molecule has 0 saturated carbocycles. The van der Waals surface area contributed by atoms with Crippen molar-refractivity contribution < 1.29 is 13.9 Å². The minimum Gasteiger partial charge on any atom is -0.449 e. The number of rotatable bonds is 4. The van der Waals surface area contributed by atoms with Crippen molar-refractivity contribution in [2.75, 3.05) is 18.1 Å². The van der Waals surface area contributed by atoms with Gasteiger partial charge in [-0.2, -0.15) is 0 Å². The van der Waals surface area contributed by atoms with Gasteiger partial charge in [0.2, 0.25) is 5.88 Å². The van der Waals surface area contributed by atoms with E-state index < -0.39 is 0 Å². The first-order chi connectivity index (χ1) is 7.20. The van der Waals surface area contributed by atoms with Crippen LogP contribution in [0.4, 0.5) is 10.7 Å². The van der Waals surface area contributed by atoms with Crippen molar-refractivity contribution in [1.29, 1.82) is 0 Å². The summed E-state index contributed by atoms with van der Waals surface area (Å²) in [6.45, 7) is 6.47. The minimum absolute atomic E-state index is 0.353. The van der Waals surface area contributed by atoms with Crippen molar-refractivity contribution in [3.8, 4) is 0 Å². The van der Waals surface area contributed by atoms with Gasteiger partial charge in [-0.25, -0.2) is 14.7 Å². The standard InChI is InChI=1S/C10H16N2O3/c1-4-6-12(10(13)14-5-2)9-8(3)11-7-15-9/h7H,4-6H2,1-3H3. The molecule has 0 unspecified atom stereocenters. The SMILES string of the molecule is CCCN(C(=O)OCC)c1ocnc1C. The zero-order valence-electron chi connectivity index (χ0n) is 9.32. The van der Waals surface area contributed by atoms with E-state index in [0.717, 1.165) is 6.42 Å². The van der Waals surface area contributed by atoms with E-state index in [1.54, 1.807) is 13.8 Å². The molecular weight excluding hydrogens is 196 g/mol. The molecular formula is C10H16N2O3. The van der Waals surface area contributed by atoms with Crippen LogP contribution >= 0.6 is 0 Å². The highest BCUT2D eigenvalue weighted by Gasteiger charge is 2.21. The number of hydrogen-bond donors (Lipinski definition) is 0. The maximum Gasteiger partial charge on any atom is 0.416 e. The van der Waals surface area contributed by atoms with E-state index in [0.29, 0.717) is 24.7 Å². The Labute approximate surface area is 89.0 Å². The summed E-state index contributed by atoms with van der Waals surface area (Å²) < 4.78 is 10.1. The van der Waals surface area contributed by atoms with Gasteiger partial charge in [-0.15, -0.1) is 0 Å². The topological polar surface area (TPSA) is 55.6 Å². The van der Waals surface area contributed by atoms with E-state index in [4.69, 9.17) is 9.15 Å². The first-order valence-corrected chi connectivity index (χ1v) is 5.05. The molecule has 0 aliphatic carbocycles. The molecule has 1 amide bonds. The van der Waals surface area contributed by atoms with Gasteiger partial charge in [0.25, 0.3) is 0 Å². The maximum absolute atomic E-state index is 11.6. The largest absolute Gasteiger partial charge is 0.449 e.